The molecule has 0 aliphatic heterocycles. The van der Waals surface area contributed by atoms with Crippen LogP contribution in [0.1, 0.15) is 23.6 Å². The summed E-state index contributed by atoms with van der Waals surface area (Å²) in [5, 5.41) is 9.09. The van der Waals surface area contributed by atoms with Gasteiger partial charge in [0.2, 0.25) is 0 Å². The molecule has 1 unspecified atom stereocenters. The van der Waals surface area contributed by atoms with E-state index in [9.17, 15) is 13.2 Å². The molecule has 0 fully saturated rings. The van der Waals surface area contributed by atoms with Crippen molar-refractivity contribution < 1.29 is 18.3 Å². The van der Waals surface area contributed by atoms with Gasteiger partial charge in [0.05, 0.1) is 11.7 Å². The zero-order valence-corrected chi connectivity index (χ0v) is 8.60. The predicted molar refractivity (Wildman–Crippen MR) is 51.6 cm³/mol. The van der Waals surface area contributed by atoms with Gasteiger partial charge in [0.15, 0.2) is 0 Å². The third-order valence-electron chi connectivity index (χ3n) is 2.14. The highest BCUT2D eigenvalue weighted by atomic mass is 19.4. The first-order valence-electron chi connectivity index (χ1n) is 4.65. The summed E-state index contributed by atoms with van der Waals surface area (Å²) in [6.45, 7) is 2.97. The molecule has 1 rings (SSSR count). The largest absolute Gasteiger partial charge is 0.416 e. The minimum absolute atomic E-state index is 0.205. The lowest BCUT2D eigenvalue weighted by molar-refractivity contribution is -0.138. The van der Waals surface area contributed by atoms with Crippen molar-refractivity contribution in [3.8, 4) is 0 Å². The van der Waals surface area contributed by atoms with Crippen LogP contribution in [0.5, 0.6) is 0 Å². The van der Waals surface area contributed by atoms with Crippen LogP contribution in [0.15, 0.2) is 18.2 Å². The molecule has 1 nitrogen and oxygen atoms in total. The second-order valence-corrected chi connectivity index (χ2v) is 3.70. The van der Waals surface area contributed by atoms with Crippen LogP contribution in [0.4, 0.5) is 13.2 Å². The van der Waals surface area contributed by atoms with Crippen molar-refractivity contribution in [3.05, 3.63) is 34.9 Å². The number of benzene rings is 1. The fourth-order valence-electron chi connectivity index (χ4n) is 1.44. The number of halogens is 3. The average Bonchev–Trinajstić information content (AvgIpc) is 2.05. The highest BCUT2D eigenvalue weighted by Crippen LogP contribution is 2.32. The van der Waals surface area contributed by atoms with Crippen molar-refractivity contribution in [3.63, 3.8) is 0 Å². The van der Waals surface area contributed by atoms with E-state index in [4.69, 9.17) is 5.11 Å². The highest BCUT2D eigenvalue weighted by Gasteiger charge is 2.32. The lowest BCUT2D eigenvalue weighted by Gasteiger charge is -2.12. The van der Waals surface area contributed by atoms with Crippen LogP contribution in [0, 0.1) is 6.92 Å². The Labute approximate surface area is 86.5 Å². The standard InChI is InChI=1S/C11H13F3O/c1-7-3-4-9(5-8(2)15)6-10(7)11(12,13)14/h3-4,6,8,15H,5H2,1-2H3. The van der Waals surface area contributed by atoms with Crippen LogP contribution in [0.25, 0.3) is 0 Å². The molecular weight excluding hydrogens is 205 g/mol. The first-order valence-corrected chi connectivity index (χ1v) is 4.65. The second kappa shape index (κ2) is 4.23. The van der Waals surface area contributed by atoms with Gasteiger partial charge in [-0.3, -0.25) is 0 Å². The molecule has 0 saturated carbocycles. The molecule has 1 N–H and O–H groups in total. The fourth-order valence-corrected chi connectivity index (χ4v) is 1.44. The number of alkyl halides is 3. The summed E-state index contributed by atoms with van der Waals surface area (Å²) in [5.74, 6) is 0. The third-order valence-corrected chi connectivity index (χ3v) is 2.14. The molecular formula is C11H13F3O. The van der Waals surface area contributed by atoms with E-state index in [1.807, 2.05) is 0 Å². The molecule has 84 valence electrons. The van der Waals surface area contributed by atoms with E-state index < -0.39 is 17.8 Å². The third kappa shape index (κ3) is 3.23. The van der Waals surface area contributed by atoms with Crippen LogP contribution in [0.3, 0.4) is 0 Å². The number of aliphatic hydroxyl groups is 1. The number of rotatable bonds is 2. The van der Waals surface area contributed by atoms with Gasteiger partial charge in [0.25, 0.3) is 0 Å². The van der Waals surface area contributed by atoms with E-state index in [0.29, 0.717) is 5.56 Å². The van der Waals surface area contributed by atoms with E-state index in [2.05, 4.69) is 0 Å². The Bertz CT molecular complexity index is 342. The summed E-state index contributed by atoms with van der Waals surface area (Å²) < 4.78 is 37.5. The lowest BCUT2D eigenvalue weighted by Crippen LogP contribution is -2.10. The number of aryl methyl sites for hydroxylation is 1. The summed E-state index contributed by atoms with van der Waals surface area (Å²) in [4.78, 5) is 0. The minimum atomic E-state index is -4.32. The summed E-state index contributed by atoms with van der Waals surface area (Å²) in [6, 6.07) is 4.14. The van der Waals surface area contributed by atoms with E-state index in [1.165, 1.54) is 13.0 Å². The molecule has 1 aromatic rings. The maximum atomic E-state index is 12.5. The van der Waals surface area contributed by atoms with Crippen LogP contribution in [0.2, 0.25) is 0 Å². The van der Waals surface area contributed by atoms with Crippen molar-refractivity contribution >= 4 is 0 Å². The Balaban J connectivity index is 3.06. The lowest BCUT2D eigenvalue weighted by atomic mass is 10.0. The first-order chi connectivity index (χ1) is 6.80. The molecule has 0 heterocycles. The molecule has 0 aliphatic carbocycles. The molecule has 4 heteroatoms. The SMILES string of the molecule is Cc1ccc(CC(C)O)cc1C(F)(F)F. The fraction of sp³-hybridized carbons (Fsp3) is 0.455. The van der Waals surface area contributed by atoms with Gasteiger partial charge in [-0.2, -0.15) is 13.2 Å². The number of hydrogen-bond donors (Lipinski definition) is 1. The van der Waals surface area contributed by atoms with Crippen molar-refractivity contribution in [1.82, 2.24) is 0 Å². The van der Waals surface area contributed by atoms with Gasteiger partial charge in [-0.1, -0.05) is 12.1 Å². The van der Waals surface area contributed by atoms with Gasteiger partial charge < -0.3 is 5.11 Å². The predicted octanol–water partition coefficient (Wildman–Crippen LogP) is 2.94. The van der Waals surface area contributed by atoms with Crippen molar-refractivity contribution in [2.75, 3.05) is 0 Å². The van der Waals surface area contributed by atoms with Crippen molar-refractivity contribution in [2.45, 2.75) is 32.5 Å². The Kier molecular flexibility index (Phi) is 3.39. The summed E-state index contributed by atoms with van der Waals surface area (Å²) in [5.41, 5.74) is 0.0837. The van der Waals surface area contributed by atoms with E-state index in [1.54, 1.807) is 13.0 Å². The Morgan fingerprint density at radius 2 is 1.93 bits per heavy atom. The molecule has 0 radical (unpaired) electrons. The molecule has 0 bridgehead atoms. The Morgan fingerprint density at radius 1 is 1.33 bits per heavy atom. The van der Waals surface area contributed by atoms with Crippen LogP contribution in [-0.2, 0) is 12.6 Å². The minimum Gasteiger partial charge on any atom is -0.393 e. The van der Waals surface area contributed by atoms with Gasteiger partial charge in [-0.05, 0) is 37.5 Å². The van der Waals surface area contributed by atoms with Gasteiger partial charge in [0.1, 0.15) is 0 Å². The summed E-state index contributed by atoms with van der Waals surface area (Å²) >= 11 is 0. The quantitative estimate of drug-likeness (QED) is 0.809. The van der Waals surface area contributed by atoms with Crippen molar-refractivity contribution in [1.29, 1.82) is 0 Å². The molecule has 15 heavy (non-hydrogen) atoms. The van der Waals surface area contributed by atoms with Gasteiger partial charge in [-0.25, -0.2) is 0 Å². The smallest absolute Gasteiger partial charge is 0.393 e. The van der Waals surface area contributed by atoms with Gasteiger partial charge >= 0.3 is 6.18 Å². The Hall–Kier alpha value is -1.03. The first kappa shape index (κ1) is 12.0. The summed E-state index contributed by atoms with van der Waals surface area (Å²) in [6.07, 6.45) is -4.71. The normalized spacial score (nSPS) is 14.0. The van der Waals surface area contributed by atoms with E-state index in [0.717, 1.165) is 6.07 Å². The zero-order chi connectivity index (χ0) is 11.6. The van der Waals surface area contributed by atoms with E-state index >= 15 is 0 Å². The molecule has 0 amide bonds. The second-order valence-electron chi connectivity index (χ2n) is 3.70. The molecule has 0 aliphatic rings. The highest BCUT2D eigenvalue weighted by molar-refractivity contribution is 5.33. The molecule has 0 spiro atoms. The zero-order valence-electron chi connectivity index (χ0n) is 8.60. The molecule has 0 aromatic heterocycles. The number of aliphatic hydroxyl groups excluding tert-OH is 1. The maximum absolute atomic E-state index is 12.5. The number of hydrogen-bond acceptors (Lipinski definition) is 1. The van der Waals surface area contributed by atoms with E-state index in [-0.39, 0.29) is 12.0 Å². The summed E-state index contributed by atoms with van der Waals surface area (Å²) in [7, 11) is 0. The van der Waals surface area contributed by atoms with Gasteiger partial charge in [-0.15, -0.1) is 0 Å². The van der Waals surface area contributed by atoms with Crippen molar-refractivity contribution in [2.24, 2.45) is 0 Å². The van der Waals surface area contributed by atoms with Crippen LogP contribution in [-0.4, -0.2) is 11.2 Å². The van der Waals surface area contributed by atoms with Gasteiger partial charge in [0, 0.05) is 0 Å². The average molecular weight is 218 g/mol. The molecule has 0 saturated heterocycles. The maximum Gasteiger partial charge on any atom is 0.416 e. The van der Waals surface area contributed by atoms with Crippen LogP contribution < -0.4 is 0 Å². The monoisotopic (exact) mass is 218 g/mol. The molecule has 1 atom stereocenters. The topological polar surface area (TPSA) is 20.2 Å². The van der Waals surface area contributed by atoms with Crippen LogP contribution >= 0.6 is 0 Å². The Morgan fingerprint density at radius 3 is 2.40 bits per heavy atom. The molecule has 1 aromatic carbocycles.